The molecule has 0 atom stereocenters. The van der Waals surface area contributed by atoms with Crippen LogP contribution in [0.15, 0.2) is 60.9 Å². The van der Waals surface area contributed by atoms with Gasteiger partial charge in [-0.3, -0.25) is 20.4 Å². The predicted octanol–water partition coefficient (Wildman–Crippen LogP) is 2.16. The highest BCUT2D eigenvalue weighted by Crippen LogP contribution is 2.29. The SMILES string of the molecule is O=C(/C=C/c1ccc(C(F)(F)F)cc1)NNC(=O)c1ccc(-n2cnnn2)cc1. The zero-order chi connectivity index (χ0) is 20.9. The molecule has 0 spiro atoms. The quantitative estimate of drug-likeness (QED) is 0.514. The Hall–Kier alpha value is -4.02. The van der Waals surface area contributed by atoms with E-state index in [-0.39, 0.29) is 5.56 Å². The van der Waals surface area contributed by atoms with Crippen molar-refractivity contribution in [1.82, 2.24) is 31.1 Å². The molecule has 148 valence electrons. The molecular weight excluding hydrogens is 389 g/mol. The Morgan fingerprint density at radius 3 is 2.24 bits per heavy atom. The van der Waals surface area contributed by atoms with Crippen LogP contribution in [0.25, 0.3) is 11.8 Å². The zero-order valence-electron chi connectivity index (χ0n) is 14.6. The van der Waals surface area contributed by atoms with Crippen molar-refractivity contribution in [1.29, 1.82) is 0 Å². The van der Waals surface area contributed by atoms with Crippen LogP contribution >= 0.6 is 0 Å². The van der Waals surface area contributed by atoms with E-state index in [2.05, 4.69) is 26.4 Å². The van der Waals surface area contributed by atoms with Gasteiger partial charge in [0.2, 0.25) is 0 Å². The Bertz CT molecular complexity index is 1010. The molecule has 2 aromatic carbocycles. The average Bonchev–Trinajstić information content (AvgIpc) is 3.25. The molecule has 0 saturated carbocycles. The maximum atomic E-state index is 12.5. The number of aromatic nitrogens is 4. The summed E-state index contributed by atoms with van der Waals surface area (Å²) >= 11 is 0. The molecule has 3 aromatic rings. The smallest absolute Gasteiger partial charge is 0.268 e. The van der Waals surface area contributed by atoms with Gasteiger partial charge < -0.3 is 0 Å². The minimum absolute atomic E-state index is 0.286. The summed E-state index contributed by atoms with van der Waals surface area (Å²) in [5.74, 6) is -1.20. The highest BCUT2D eigenvalue weighted by molar-refractivity contribution is 5.98. The van der Waals surface area contributed by atoms with Gasteiger partial charge in [0.05, 0.1) is 11.3 Å². The summed E-state index contributed by atoms with van der Waals surface area (Å²) in [6.45, 7) is 0. The molecule has 0 aliphatic carbocycles. The van der Waals surface area contributed by atoms with Gasteiger partial charge in [-0.15, -0.1) is 5.10 Å². The van der Waals surface area contributed by atoms with E-state index in [9.17, 15) is 22.8 Å². The fourth-order valence-electron chi connectivity index (χ4n) is 2.23. The van der Waals surface area contributed by atoms with Crippen molar-refractivity contribution < 1.29 is 22.8 Å². The van der Waals surface area contributed by atoms with Crippen molar-refractivity contribution in [3.05, 3.63) is 77.6 Å². The maximum Gasteiger partial charge on any atom is 0.416 e. The van der Waals surface area contributed by atoms with Crippen molar-refractivity contribution in [2.24, 2.45) is 0 Å². The van der Waals surface area contributed by atoms with E-state index in [1.54, 1.807) is 12.1 Å². The lowest BCUT2D eigenvalue weighted by Crippen LogP contribution is -2.40. The Labute approximate surface area is 162 Å². The Kier molecular flexibility index (Phi) is 5.67. The van der Waals surface area contributed by atoms with Gasteiger partial charge in [0.15, 0.2) is 0 Å². The molecular formula is C18H13F3N6O2. The Morgan fingerprint density at radius 2 is 1.66 bits per heavy atom. The summed E-state index contributed by atoms with van der Waals surface area (Å²) in [6, 6.07) is 10.6. The monoisotopic (exact) mass is 402 g/mol. The minimum Gasteiger partial charge on any atom is -0.268 e. The van der Waals surface area contributed by atoms with E-state index < -0.39 is 23.6 Å². The van der Waals surface area contributed by atoms with Crippen LogP contribution in [-0.4, -0.2) is 32.0 Å². The van der Waals surface area contributed by atoms with Gasteiger partial charge in [-0.25, -0.2) is 4.68 Å². The van der Waals surface area contributed by atoms with E-state index in [1.807, 2.05) is 0 Å². The van der Waals surface area contributed by atoms with Gasteiger partial charge in [0.25, 0.3) is 11.8 Å². The van der Waals surface area contributed by atoms with E-state index in [4.69, 9.17) is 0 Å². The van der Waals surface area contributed by atoms with Crippen molar-refractivity contribution >= 4 is 17.9 Å². The number of carbonyl (C=O) groups is 2. The third-order valence-electron chi connectivity index (χ3n) is 3.71. The standard InChI is InChI=1S/C18H13F3N6O2/c19-18(20,21)14-6-1-12(2-7-14)3-10-16(28)23-24-17(29)13-4-8-15(9-5-13)27-11-22-25-26-27/h1-11H,(H,23,28)(H,24,29)/b10-3+. The van der Waals surface area contributed by atoms with E-state index in [0.717, 1.165) is 18.2 Å². The van der Waals surface area contributed by atoms with Gasteiger partial charge in [0.1, 0.15) is 6.33 Å². The summed E-state index contributed by atoms with van der Waals surface area (Å²) in [5, 5.41) is 10.7. The van der Waals surface area contributed by atoms with Crippen LogP contribution in [0.5, 0.6) is 0 Å². The first-order valence-electron chi connectivity index (χ1n) is 8.12. The largest absolute Gasteiger partial charge is 0.416 e. The number of tetrazole rings is 1. The van der Waals surface area contributed by atoms with E-state index in [1.165, 1.54) is 41.4 Å². The summed E-state index contributed by atoms with van der Waals surface area (Å²) in [6.07, 6.45) is -0.612. The van der Waals surface area contributed by atoms with Gasteiger partial charge in [-0.2, -0.15) is 13.2 Å². The average molecular weight is 402 g/mol. The van der Waals surface area contributed by atoms with Crippen molar-refractivity contribution in [2.45, 2.75) is 6.18 Å². The number of hydrazine groups is 1. The lowest BCUT2D eigenvalue weighted by atomic mass is 10.1. The molecule has 1 heterocycles. The molecule has 11 heteroatoms. The van der Waals surface area contributed by atoms with Crippen LogP contribution in [0, 0.1) is 0 Å². The molecule has 2 amide bonds. The maximum absolute atomic E-state index is 12.5. The number of hydrogen-bond acceptors (Lipinski definition) is 5. The first-order valence-corrected chi connectivity index (χ1v) is 8.12. The molecule has 29 heavy (non-hydrogen) atoms. The van der Waals surface area contributed by atoms with Crippen LogP contribution in [-0.2, 0) is 11.0 Å². The van der Waals surface area contributed by atoms with Crippen LogP contribution in [0.4, 0.5) is 13.2 Å². The molecule has 0 bridgehead atoms. The second kappa shape index (κ2) is 8.33. The molecule has 0 fully saturated rings. The number of halogens is 3. The second-order valence-electron chi connectivity index (χ2n) is 5.70. The number of nitrogens with one attached hydrogen (secondary N) is 2. The summed E-state index contributed by atoms with van der Waals surface area (Å²) in [4.78, 5) is 23.8. The summed E-state index contributed by atoms with van der Waals surface area (Å²) < 4.78 is 38.9. The predicted molar refractivity (Wildman–Crippen MR) is 95.2 cm³/mol. The highest BCUT2D eigenvalue weighted by Gasteiger charge is 2.29. The molecule has 0 radical (unpaired) electrons. The molecule has 0 aliphatic rings. The fraction of sp³-hybridized carbons (Fsp3) is 0.0556. The lowest BCUT2D eigenvalue weighted by Gasteiger charge is -2.07. The first kappa shape index (κ1) is 19.7. The van der Waals surface area contributed by atoms with Gasteiger partial charge in [-0.05, 0) is 58.5 Å². The third-order valence-corrected chi connectivity index (χ3v) is 3.71. The van der Waals surface area contributed by atoms with E-state index >= 15 is 0 Å². The number of alkyl halides is 3. The summed E-state index contributed by atoms with van der Waals surface area (Å²) in [7, 11) is 0. The second-order valence-corrected chi connectivity index (χ2v) is 5.70. The van der Waals surface area contributed by atoms with Crippen molar-refractivity contribution in [3.8, 4) is 5.69 Å². The van der Waals surface area contributed by atoms with Crippen LogP contribution in [0.1, 0.15) is 21.5 Å². The number of amides is 2. The zero-order valence-corrected chi connectivity index (χ0v) is 14.6. The van der Waals surface area contributed by atoms with Crippen LogP contribution < -0.4 is 10.9 Å². The number of nitrogens with zero attached hydrogens (tertiary/aromatic N) is 4. The number of rotatable bonds is 4. The normalized spacial score (nSPS) is 11.4. The van der Waals surface area contributed by atoms with Gasteiger partial charge >= 0.3 is 6.18 Å². The van der Waals surface area contributed by atoms with Gasteiger partial charge in [0, 0.05) is 11.6 Å². The number of hydrogen-bond donors (Lipinski definition) is 2. The van der Waals surface area contributed by atoms with E-state index in [0.29, 0.717) is 11.3 Å². The Balaban J connectivity index is 1.52. The molecule has 0 aliphatic heterocycles. The lowest BCUT2D eigenvalue weighted by molar-refractivity contribution is -0.137. The minimum atomic E-state index is -4.42. The summed E-state index contributed by atoms with van der Waals surface area (Å²) in [5.41, 5.74) is 4.97. The number of carbonyl (C=O) groups excluding carboxylic acids is 2. The molecule has 2 N–H and O–H groups in total. The third kappa shape index (κ3) is 5.25. The van der Waals surface area contributed by atoms with Crippen LogP contribution in [0.2, 0.25) is 0 Å². The topological polar surface area (TPSA) is 102 Å². The Morgan fingerprint density at radius 1 is 0.966 bits per heavy atom. The van der Waals surface area contributed by atoms with Crippen molar-refractivity contribution in [2.75, 3.05) is 0 Å². The van der Waals surface area contributed by atoms with Crippen LogP contribution in [0.3, 0.4) is 0 Å². The van der Waals surface area contributed by atoms with Crippen molar-refractivity contribution in [3.63, 3.8) is 0 Å². The van der Waals surface area contributed by atoms with Gasteiger partial charge in [-0.1, -0.05) is 12.1 Å². The molecule has 0 saturated heterocycles. The molecule has 1 aromatic heterocycles. The fourth-order valence-corrected chi connectivity index (χ4v) is 2.23. The first-order chi connectivity index (χ1) is 13.8. The molecule has 8 nitrogen and oxygen atoms in total. The highest BCUT2D eigenvalue weighted by atomic mass is 19.4. The number of benzene rings is 2. The molecule has 3 rings (SSSR count). The molecule has 0 unspecified atom stereocenters.